The lowest BCUT2D eigenvalue weighted by Crippen LogP contribution is -2.19. The fraction of sp³-hybridized carbons (Fsp3) is 0.250. The molecule has 100 valence electrons. The molecule has 0 fully saturated rings. The maximum Gasteiger partial charge on any atom is 0.287 e. The summed E-state index contributed by atoms with van der Waals surface area (Å²) >= 11 is 4.91. The van der Waals surface area contributed by atoms with Crippen molar-refractivity contribution in [1.29, 1.82) is 0 Å². The summed E-state index contributed by atoms with van der Waals surface area (Å²) in [5, 5.41) is 4.01. The van der Waals surface area contributed by atoms with Crippen LogP contribution in [0.5, 0.6) is 5.75 Å². The highest BCUT2D eigenvalue weighted by Gasteiger charge is 2.08. The number of hydrogen-bond acceptors (Lipinski definition) is 5. The number of rotatable bonds is 5. The Kier molecular flexibility index (Phi) is 3.96. The van der Waals surface area contributed by atoms with Crippen LogP contribution in [0.1, 0.15) is 11.5 Å². The van der Waals surface area contributed by atoms with Gasteiger partial charge >= 0.3 is 0 Å². The molecule has 0 aliphatic rings. The molecule has 2 N–H and O–H groups in total. The van der Waals surface area contributed by atoms with E-state index >= 15 is 0 Å². The molecule has 0 aliphatic carbocycles. The first-order valence-corrected chi connectivity index (χ1v) is 6.00. The van der Waals surface area contributed by atoms with Crippen LogP contribution in [0.2, 0.25) is 0 Å². The Morgan fingerprint density at radius 1 is 1.58 bits per heavy atom. The molecule has 0 unspecified atom stereocenters. The van der Waals surface area contributed by atoms with E-state index in [9.17, 15) is 4.79 Å². The lowest BCUT2D eigenvalue weighted by Gasteiger charge is -2.03. The van der Waals surface area contributed by atoms with E-state index in [1.807, 2.05) is 31.2 Å². The van der Waals surface area contributed by atoms with Gasteiger partial charge in [0.1, 0.15) is 12.3 Å². The Balaban J connectivity index is 2.04. The van der Waals surface area contributed by atoms with Crippen molar-refractivity contribution in [3.63, 3.8) is 0 Å². The average molecular weight is 279 g/mol. The summed E-state index contributed by atoms with van der Waals surface area (Å²) in [5.74, 6) is 0.480. The largest absolute Gasteiger partial charge is 0.484 e. The van der Waals surface area contributed by atoms with Gasteiger partial charge in [-0.25, -0.2) is 4.68 Å². The molecule has 1 aromatic heterocycles. The van der Waals surface area contributed by atoms with Gasteiger partial charge in [0, 0.05) is 0 Å². The van der Waals surface area contributed by atoms with Gasteiger partial charge in [-0.3, -0.25) is 4.79 Å². The number of primary amides is 1. The number of hydrogen-bond donors (Lipinski definition) is 1. The summed E-state index contributed by atoms with van der Waals surface area (Å²) in [7, 11) is 0. The van der Waals surface area contributed by atoms with Crippen molar-refractivity contribution in [3.05, 3.63) is 40.6 Å². The monoisotopic (exact) mass is 279 g/mol. The lowest BCUT2D eigenvalue weighted by molar-refractivity contribution is -0.118. The molecular formula is C12H13N3O3S. The zero-order valence-electron chi connectivity index (χ0n) is 10.3. The van der Waals surface area contributed by atoms with E-state index in [0.29, 0.717) is 11.6 Å². The molecule has 0 saturated carbocycles. The van der Waals surface area contributed by atoms with Crippen molar-refractivity contribution in [3.8, 4) is 5.75 Å². The number of ether oxygens (including phenoxy) is 1. The third-order valence-corrected chi connectivity index (χ3v) is 2.60. The summed E-state index contributed by atoms with van der Waals surface area (Å²) in [6.07, 6.45) is 0. The highest BCUT2D eigenvalue weighted by Crippen LogP contribution is 2.14. The number of carbonyl (C=O) groups excluding carboxylic acids is 1. The second-order valence-corrected chi connectivity index (χ2v) is 4.34. The summed E-state index contributed by atoms with van der Waals surface area (Å²) < 4.78 is 11.9. The second kappa shape index (κ2) is 5.66. The zero-order chi connectivity index (χ0) is 13.8. The fourth-order valence-corrected chi connectivity index (χ4v) is 1.71. The summed E-state index contributed by atoms with van der Waals surface area (Å²) in [6.45, 7) is 2.01. The maximum absolute atomic E-state index is 10.8. The van der Waals surface area contributed by atoms with E-state index in [2.05, 4.69) is 5.10 Å². The molecule has 1 heterocycles. The van der Waals surface area contributed by atoms with Crippen molar-refractivity contribution in [2.75, 3.05) is 0 Å². The van der Waals surface area contributed by atoms with Gasteiger partial charge in [-0.15, -0.1) is 5.10 Å². The molecule has 2 rings (SSSR count). The molecule has 0 saturated heterocycles. The molecular weight excluding hydrogens is 266 g/mol. The molecule has 2 aromatic rings. The Hall–Kier alpha value is -2.15. The third-order valence-electron chi connectivity index (χ3n) is 2.31. The van der Waals surface area contributed by atoms with Crippen molar-refractivity contribution in [2.24, 2.45) is 5.73 Å². The molecule has 0 spiro atoms. The number of amides is 1. The Bertz CT molecular complexity index is 648. The molecule has 6 nitrogen and oxygen atoms in total. The van der Waals surface area contributed by atoms with Gasteiger partial charge in [-0.05, 0) is 36.8 Å². The highest BCUT2D eigenvalue weighted by molar-refractivity contribution is 7.71. The minimum atomic E-state index is -0.532. The number of aromatic nitrogens is 2. The van der Waals surface area contributed by atoms with Crippen LogP contribution in [0.4, 0.5) is 0 Å². The average Bonchev–Trinajstić information content (AvgIpc) is 2.67. The number of benzene rings is 1. The SMILES string of the molecule is Cc1cccc(OCc2nn(CC(N)=O)c(=S)o2)c1. The maximum atomic E-state index is 10.8. The van der Waals surface area contributed by atoms with Crippen LogP contribution in [0, 0.1) is 11.8 Å². The Morgan fingerprint density at radius 3 is 3.05 bits per heavy atom. The summed E-state index contributed by atoms with van der Waals surface area (Å²) in [4.78, 5) is 10.9. The van der Waals surface area contributed by atoms with Crippen LogP contribution >= 0.6 is 12.2 Å². The number of aryl methyl sites for hydroxylation is 1. The first kappa shape index (κ1) is 13.3. The van der Waals surface area contributed by atoms with Crippen LogP contribution in [0.15, 0.2) is 28.7 Å². The zero-order valence-corrected chi connectivity index (χ0v) is 11.1. The predicted octanol–water partition coefficient (Wildman–Crippen LogP) is 1.58. The van der Waals surface area contributed by atoms with E-state index in [4.69, 9.17) is 27.1 Å². The quantitative estimate of drug-likeness (QED) is 0.840. The first-order valence-electron chi connectivity index (χ1n) is 5.59. The van der Waals surface area contributed by atoms with E-state index in [0.717, 1.165) is 5.56 Å². The molecule has 0 bridgehead atoms. The van der Waals surface area contributed by atoms with E-state index in [1.54, 1.807) is 0 Å². The van der Waals surface area contributed by atoms with Gasteiger partial charge in [0.25, 0.3) is 10.7 Å². The number of nitrogens with zero attached hydrogens (tertiary/aromatic N) is 2. The Morgan fingerprint density at radius 2 is 2.37 bits per heavy atom. The molecule has 1 aromatic carbocycles. The minimum Gasteiger partial charge on any atom is -0.484 e. The summed E-state index contributed by atoms with van der Waals surface area (Å²) in [6, 6.07) is 7.60. The molecule has 7 heteroatoms. The smallest absolute Gasteiger partial charge is 0.287 e. The normalized spacial score (nSPS) is 10.4. The van der Waals surface area contributed by atoms with Crippen molar-refractivity contribution in [1.82, 2.24) is 9.78 Å². The molecule has 0 aliphatic heterocycles. The van der Waals surface area contributed by atoms with Crippen LogP contribution in [-0.4, -0.2) is 15.7 Å². The van der Waals surface area contributed by atoms with Gasteiger partial charge in [0.2, 0.25) is 5.91 Å². The van der Waals surface area contributed by atoms with Gasteiger partial charge in [-0.2, -0.15) is 0 Å². The van der Waals surface area contributed by atoms with E-state index in [-0.39, 0.29) is 18.0 Å². The molecule has 0 atom stereocenters. The number of nitrogens with two attached hydrogens (primary N) is 1. The molecule has 19 heavy (non-hydrogen) atoms. The van der Waals surface area contributed by atoms with Crippen molar-refractivity contribution in [2.45, 2.75) is 20.1 Å². The minimum absolute atomic E-state index is 0.0987. The standard InChI is InChI=1S/C12H13N3O3S/c1-8-3-2-4-9(5-8)17-7-11-14-15(6-10(13)16)12(19)18-11/h2-5H,6-7H2,1H3,(H2,13,16). The summed E-state index contributed by atoms with van der Waals surface area (Å²) in [5.41, 5.74) is 6.16. The molecule has 1 amide bonds. The van der Waals surface area contributed by atoms with Gasteiger partial charge in [-0.1, -0.05) is 12.1 Å². The Labute approximate surface area is 114 Å². The van der Waals surface area contributed by atoms with Crippen molar-refractivity contribution >= 4 is 18.1 Å². The lowest BCUT2D eigenvalue weighted by atomic mass is 10.2. The van der Waals surface area contributed by atoms with Crippen LogP contribution in [0.3, 0.4) is 0 Å². The van der Waals surface area contributed by atoms with Gasteiger partial charge in [0.15, 0.2) is 6.61 Å². The highest BCUT2D eigenvalue weighted by atomic mass is 32.1. The number of carbonyl (C=O) groups is 1. The van der Waals surface area contributed by atoms with Gasteiger partial charge < -0.3 is 14.9 Å². The predicted molar refractivity (Wildman–Crippen MR) is 70.0 cm³/mol. The van der Waals surface area contributed by atoms with Crippen LogP contribution in [-0.2, 0) is 17.9 Å². The molecule has 0 radical (unpaired) electrons. The topological polar surface area (TPSA) is 83.3 Å². The van der Waals surface area contributed by atoms with Crippen LogP contribution in [0.25, 0.3) is 0 Å². The van der Waals surface area contributed by atoms with E-state index < -0.39 is 5.91 Å². The van der Waals surface area contributed by atoms with E-state index in [1.165, 1.54) is 4.68 Å². The van der Waals surface area contributed by atoms with Crippen LogP contribution < -0.4 is 10.5 Å². The second-order valence-electron chi connectivity index (χ2n) is 3.99. The van der Waals surface area contributed by atoms with Gasteiger partial charge in [0.05, 0.1) is 0 Å². The first-order chi connectivity index (χ1) is 9.04. The van der Waals surface area contributed by atoms with Crippen molar-refractivity contribution < 1.29 is 13.9 Å². The fourth-order valence-electron chi connectivity index (χ4n) is 1.51. The third kappa shape index (κ3) is 3.65.